The van der Waals surface area contributed by atoms with Gasteiger partial charge in [0.2, 0.25) is 0 Å². The molecule has 8 aromatic carbocycles. The lowest BCUT2D eigenvalue weighted by molar-refractivity contribution is 0.669. The minimum absolute atomic E-state index is 0.694. The predicted octanol–water partition coefficient (Wildman–Crippen LogP) is 13.5. The predicted molar refractivity (Wildman–Crippen MR) is 219 cm³/mol. The lowest BCUT2D eigenvalue weighted by atomic mass is 9.92. The number of para-hydroxylation sites is 1. The van der Waals surface area contributed by atoms with Crippen LogP contribution >= 0.6 is 0 Å². The fraction of sp³-hybridized carbons (Fsp3) is 0. The van der Waals surface area contributed by atoms with Crippen molar-refractivity contribution in [3.63, 3.8) is 0 Å². The average molecular weight is 677 g/mol. The van der Waals surface area contributed by atoms with Crippen molar-refractivity contribution in [2.24, 2.45) is 0 Å². The number of hydrogen-bond acceptors (Lipinski definition) is 3. The molecule has 0 unspecified atom stereocenters. The van der Waals surface area contributed by atoms with Crippen molar-refractivity contribution in [2.75, 3.05) is 0 Å². The van der Waals surface area contributed by atoms with Gasteiger partial charge in [-0.05, 0) is 92.7 Å². The molecule has 0 fully saturated rings. The van der Waals surface area contributed by atoms with Gasteiger partial charge in [0.25, 0.3) is 0 Å². The maximum absolute atomic E-state index is 6.35. The molecule has 10 rings (SSSR count). The van der Waals surface area contributed by atoms with Crippen molar-refractivity contribution in [1.82, 2.24) is 9.97 Å². The van der Waals surface area contributed by atoms with Gasteiger partial charge in [-0.2, -0.15) is 0 Å². The van der Waals surface area contributed by atoms with Crippen LogP contribution < -0.4 is 0 Å². The molecule has 2 aromatic heterocycles. The second-order valence-electron chi connectivity index (χ2n) is 13.4. The first kappa shape index (κ1) is 30.7. The standard InChI is InChI=1S/C50H32N2O/c1-3-13-33(14-4-1)36-19-11-20-37(27-36)39-28-40(38-25-26-44-43-22-9-10-24-48(43)53-49(44)31-38)30-41(29-39)47-32-46(35-16-5-2-6-17-35)51-50(52-47)45-23-12-18-34-15-7-8-21-42(34)45/h1-32H. The molecule has 0 aliphatic rings. The van der Waals surface area contributed by atoms with E-state index in [-0.39, 0.29) is 0 Å². The van der Waals surface area contributed by atoms with E-state index in [9.17, 15) is 0 Å². The van der Waals surface area contributed by atoms with Crippen LogP contribution in [-0.4, -0.2) is 9.97 Å². The fourth-order valence-corrected chi connectivity index (χ4v) is 7.42. The SMILES string of the molecule is c1ccc(-c2cccc(-c3cc(-c4ccc5c(c4)oc4ccccc45)cc(-c4cc(-c5ccccc5)nc(-c5cccc6ccccc56)n4)c3)c2)cc1. The molecular weight excluding hydrogens is 645 g/mol. The van der Waals surface area contributed by atoms with Crippen LogP contribution in [0, 0.1) is 0 Å². The van der Waals surface area contributed by atoms with Crippen molar-refractivity contribution in [2.45, 2.75) is 0 Å². The molecule has 0 aliphatic heterocycles. The average Bonchev–Trinajstić information content (AvgIpc) is 3.62. The Morgan fingerprint density at radius 2 is 0.830 bits per heavy atom. The van der Waals surface area contributed by atoms with Crippen molar-refractivity contribution < 1.29 is 4.42 Å². The van der Waals surface area contributed by atoms with Gasteiger partial charge in [0.1, 0.15) is 11.2 Å². The number of furan rings is 1. The highest BCUT2D eigenvalue weighted by Gasteiger charge is 2.16. The lowest BCUT2D eigenvalue weighted by Gasteiger charge is -2.14. The monoisotopic (exact) mass is 676 g/mol. The molecule has 10 aromatic rings. The summed E-state index contributed by atoms with van der Waals surface area (Å²) < 4.78 is 6.35. The van der Waals surface area contributed by atoms with E-state index in [1.807, 2.05) is 18.2 Å². The summed E-state index contributed by atoms with van der Waals surface area (Å²) >= 11 is 0. The summed E-state index contributed by atoms with van der Waals surface area (Å²) in [5.41, 5.74) is 13.3. The van der Waals surface area contributed by atoms with Crippen molar-refractivity contribution in [3.8, 4) is 67.3 Å². The molecule has 0 saturated carbocycles. The van der Waals surface area contributed by atoms with Crippen LogP contribution in [0.5, 0.6) is 0 Å². The highest BCUT2D eigenvalue weighted by atomic mass is 16.3. The van der Waals surface area contributed by atoms with E-state index in [2.05, 4.69) is 176 Å². The third-order valence-corrected chi connectivity index (χ3v) is 10.1. The quantitative estimate of drug-likeness (QED) is 0.176. The second kappa shape index (κ2) is 12.9. The number of aromatic nitrogens is 2. The topological polar surface area (TPSA) is 38.9 Å². The third kappa shape index (κ3) is 5.75. The Kier molecular flexibility index (Phi) is 7.47. The molecule has 3 nitrogen and oxygen atoms in total. The van der Waals surface area contributed by atoms with Gasteiger partial charge in [0.05, 0.1) is 11.4 Å². The maximum atomic E-state index is 6.35. The van der Waals surface area contributed by atoms with Gasteiger partial charge in [-0.15, -0.1) is 0 Å². The Bertz CT molecular complexity index is 2940. The summed E-state index contributed by atoms with van der Waals surface area (Å²) in [4.78, 5) is 10.5. The van der Waals surface area contributed by atoms with E-state index in [1.165, 1.54) is 11.1 Å². The van der Waals surface area contributed by atoms with Crippen LogP contribution in [0.4, 0.5) is 0 Å². The van der Waals surface area contributed by atoms with Gasteiger partial charge in [-0.25, -0.2) is 9.97 Å². The number of nitrogens with zero attached hydrogens (tertiary/aromatic N) is 2. The highest BCUT2D eigenvalue weighted by molar-refractivity contribution is 6.06. The Morgan fingerprint density at radius 3 is 1.62 bits per heavy atom. The zero-order valence-corrected chi connectivity index (χ0v) is 28.8. The zero-order valence-electron chi connectivity index (χ0n) is 28.8. The Morgan fingerprint density at radius 1 is 0.302 bits per heavy atom. The maximum Gasteiger partial charge on any atom is 0.161 e. The van der Waals surface area contributed by atoms with Crippen molar-refractivity contribution in [1.29, 1.82) is 0 Å². The van der Waals surface area contributed by atoms with Gasteiger partial charge < -0.3 is 4.42 Å². The van der Waals surface area contributed by atoms with Gasteiger partial charge in [0, 0.05) is 27.5 Å². The van der Waals surface area contributed by atoms with E-state index in [0.717, 1.165) is 83.0 Å². The largest absolute Gasteiger partial charge is 0.456 e. The molecule has 0 aliphatic carbocycles. The minimum atomic E-state index is 0.694. The van der Waals surface area contributed by atoms with Crippen LogP contribution in [0.25, 0.3) is 100.0 Å². The van der Waals surface area contributed by atoms with Crippen LogP contribution in [-0.2, 0) is 0 Å². The van der Waals surface area contributed by atoms with Gasteiger partial charge >= 0.3 is 0 Å². The molecule has 0 atom stereocenters. The highest BCUT2D eigenvalue weighted by Crippen LogP contribution is 2.38. The van der Waals surface area contributed by atoms with E-state index in [0.29, 0.717) is 5.82 Å². The number of hydrogen-bond donors (Lipinski definition) is 0. The van der Waals surface area contributed by atoms with E-state index in [4.69, 9.17) is 14.4 Å². The molecule has 3 heteroatoms. The molecule has 2 heterocycles. The molecule has 0 N–H and O–H groups in total. The van der Waals surface area contributed by atoms with Gasteiger partial charge in [-0.1, -0.05) is 146 Å². The molecule has 0 bridgehead atoms. The summed E-state index contributed by atoms with van der Waals surface area (Å²) in [5.74, 6) is 0.694. The molecule has 0 radical (unpaired) electrons. The molecule has 0 spiro atoms. The summed E-state index contributed by atoms with van der Waals surface area (Å²) in [6, 6.07) is 68.1. The van der Waals surface area contributed by atoms with Crippen LogP contribution in [0.2, 0.25) is 0 Å². The van der Waals surface area contributed by atoms with Gasteiger partial charge in [0.15, 0.2) is 5.82 Å². The van der Waals surface area contributed by atoms with E-state index >= 15 is 0 Å². The summed E-state index contributed by atoms with van der Waals surface area (Å²) in [6.45, 7) is 0. The Labute approximate surface area is 307 Å². The van der Waals surface area contributed by atoms with E-state index in [1.54, 1.807) is 0 Å². The first-order valence-corrected chi connectivity index (χ1v) is 17.9. The summed E-state index contributed by atoms with van der Waals surface area (Å²) in [5, 5.41) is 4.51. The number of rotatable bonds is 6. The van der Waals surface area contributed by atoms with Gasteiger partial charge in [-0.3, -0.25) is 0 Å². The van der Waals surface area contributed by atoms with Crippen LogP contribution in [0.15, 0.2) is 199 Å². The fourth-order valence-electron chi connectivity index (χ4n) is 7.42. The van der Waals surface area contributed by atoms with Crippen molar-refractivity contribution in [3.05, 3.63) is 194 Å². The first-order chi connectivity index (χ1) is 26.2. The van der Waals surface area contributed by atoms with Crippen LogP contribution in [0.1, 0.15) is 0 Å². The van der Waals surface area contributed by atoms with E-state index < -0.39 is 0 Å². The second-order valence-corrected chi connectivity index (χ2v) is 13.4. The summed E-state index contributed by atoms with van der Waals surface area (Å²) in [6.07, 6.45) is 0. The lowest BCUT2D eigenvalue weighted by Crippen LogP contribution is -1.97. The van der Waals surface area contributed by atoms with Crippen molar-refractivity contribution >= 4 is 32.7 Å². The molecule has 0 saturated heterocycles. The molecule has 53 heavy (non-hydrogen) atoms. The van der Waals surface area contributed by atoms with Crippen LogP contribution in [0.3, 0.4) is 0 Å². The Hall–Kier alpha value is -7.10. The summed E-state index contributed by atoms with van der Waals surface area (Å²) in [7, 11) is 0. The first-order valence-electron chi connectivity index (χ1n) is 17.9. The third-order valence-electron chi connectivity index (χ3n) is 10.1. The minimum Gasteiger partial charge on any atom is -0.456 e. The number of fused-ring (bicyclic) bond motifs is 4. The number of benzene rings is 8. The molecule has 0 amide bonds. The zero-order chi connectivity index (χ0) is 35.1. The smallest absolute Gasteiger partial charge is 0.161 e. The molecule has 248 valence electrons. The molecular formula is C50H32N2O. The normalized spacial score (nSPS) is 11.4. The Balaban J connectivity index is 1.20.